The molecule has 1 aromatic heterocycles. The Kier molecular flexibility index (Phi) is 4.78. The van der Waals surface area contributed by atoms with Gasteiger partial charge in [-0.2, -0.15) is 5.26 Å². The zero-order chi connectivity index (χ0) is 12.0. The van der Waals surface area contributed by atoms with Crippen LogP contribution in [0.4, 0.5) is 5.82 Å². The molecular formula is C13H19N3. The third-order valence-corrected chi connectivity index (χ3v) is 2.41. The summed E-state index contributed by atoms with van der Waals surface area (Å²) in [6.45, 7) is 7.24. The molecule has 0 aromatic carbocycles. The lowest BCUT2D eigenvalue weighted by atomic mass is 10.1. The van der Waals surface area contributed by atoms with Crippen molar-refractivity contribution in [3.63, 3.8) is 0 Å². The summed E-state index contributed by atoms with van der Waals surface area (Å²) in [5, 5.41) is 12.2. The van der Waals surface area contributed by atoms with Crippen LogP contribution in [0.25, 0.3) is 0 Å². The predicted octanol–water partition coefficient (Wildman–Crippen LogP) is 3.11. The Labute approximate surface area is 97.5 Å². The van der Waals surface area contributed by atoms with Gasteiger partial charge in [0.1, 0.15) is 11.9 Å². The summed E-state index contributed by atoms with van der Waals surface area (Å²) in [6, 6.07) is 5.82. The summed E-state index contributed by atoms with van der Waals surface area (Å²) in [5.41, 5.74) is 1.56. The van der Waals surface area contributed by atoms with E-state index in [1.807, 2.05) is 19.1 Å². The number of hydrogen-bond donors (Lipinski definition) is 1. The first-order valence-electron chi connectivity index (χ1n) is 5.75. The molecule has 3 nitrogen and oxygen atoms in total. The van der Waals surface area contributed by atoms with Gasteiger partial charge in [0.25, 0.3) is 0 Å². The van der Waals surface area contributed by atoms with E-state index in [-0.39, 0.29) is 0 Å². The van der Waals surface area contributed by atoms with Gasteiger partial charge in [0, 0.05) is 12.2 Å². The highest BCUT2D eigenvalue weighted by molar-refractivity contribution is 5.52. The Balaban J connectivity index is 2.53. The molecule has 0 spiro atoms. The van der Waals surface area contributed by atoms with Crippen molar-refractivity contribution >= 4 is 5.82 Å². The van der Waals surface area contributed by atoms with E-state index in [9.17, 15) is 0 Å². The summed E-state index contributed by atoms with van der Waals surface area (Å²) >= 11 is 0. The molecule has 1 N–H and O–H groups in total. The van der Waals surface area contributed by atoms with Crippen LogP contribution in [-0.2, 0) is 0 Å². The number of nitriles is 1. The second-order valence-corrected chi connectivity index (χ2v) is 4.42. The molecule has 1 rings (SSSR count). The van der Waals surface area contributed by atoms with Crippen LogP contribution in [0.15, 0.2) is 12.1 Å². The van der Waals surface area contributed by atoms with Crippen LogP contribution in [0.1, 0.15) is 37.9 Å². The minimum absolute atomic E-state index is 0.621. The van der Waals surface area contributed by atoms with E-state index in [4.69, 9.17) is 5.26 Å². The van der Waals surface area contributed by atoms with Gasteiger partial charge >= 0.3 is 0 Å². The van der Waals surface area contributed by atoms with Gasteiger partial charge in [-0.05, 0) is 37.8 Å². The van der Waals surface area contributed by atoms with Gasteiger partial charge in [0.2, 0.25) is 0 Å². The molecule has 0 aliphatic carbocycles. The summed E-state index contributed by atoms with van der Waals surface area (Å²) in [6.07, 6.45) is 2.30. The average Bonchev–Trinajstić information content (AvgIpc) is 2.24. The first-order chi connectivity index (χ1) is 7.63. The second kappa shape index (κ2) is 6.12. The van der Waals surface area contributed by atoms with Gasteiger partial charge in [0.05, 0.1) is 5.56 Å². The number of aryl methyl sites for hydroxylation is 1. The van der Waals surface area contributed by atoms with Gasteiger partial charge in [-0.15, -0.1) is 0 Å². The maximum Gasteiger partial charge on any atom is 0.144 e. The van der Waals surface area contributed by atoms with Crippen molar-refractivity contribution in [1.82, 2.24) is 4.98 Å². The van der Waals surface area contributed by atoms with E-state index < -0.39 is 0 Å². The minimum atomic E-state index is 0.621. The van der Waals surface area contributed by atoms with Crippen molar-refractivity contribution in [2.75, 3.05) is 11.9 Å². The van der Waals surface area contributed by atoms with Crippen molar-refractivity contribution < 1.29 is 0 Å². The highest BCUT2D eigenvalue weighted by Gasteiger charge is 2.03. The molecule has 0 amide bonds. The fourth-order valence-electron chi connectivity index (χ4n) is 1.50. The van der Waals surface area contributed by atoms with Crippen LogP contribution in [-0.4, -0.2) is 11.5 Å². The Morgan fingerprint density at radius 3 is 2.81 bits per heavy atom. The standard InChI is InChI=1S/C13H19N3/c1-10(2)5-4-8-15-13-12(9-14)7-6-11(3)16-13/h6-7,10H,4-5,8H2,1-3H3,(H,15,16). The summed E-state index contributed by atoms with van der Waals surface area (Å²) in [7, 11) is 0. The van der Waals surface area contributed by atoms with Gasteiger partial charge in [-0.25, -0.2) is 4.98 Å². The van der Waals surface area contributed by atoms with Crippen molar-refractivity contribution in [3.05, 3.63) is 23.4 Å². The molecule has 0 fully saturated rings. The Morgan fingerprint density at radius 1 is 1.44 bits per heavy atom. The van der Waals surface area contributed by atoms with Crippen LogP contribution in [0.5, 0.6) is 0 Å². The predicted molar refractivity (Wildman–Crippen MR) is 66.3 cm³/mol. The molecule has 0 saturated carbocycles. The molecule has 0 atom stereocenters. The van der Waals surface area contributed by atoms with Crippen LogP contribution in [0.2, 0.25) is 0 Å². The van der Waals surface area contributed by atoms with E-state index in [1.165, 1.54) is 6.42 Å². The maximum absolute atomic E-state index is 8.92. The molecule has 0 saturated heterocycles. The van der Waals surface area contributed by atoms with E-state index in [2.05, 4.69) is 30.2 Å². The molecule has 86 valence electrons. The smallest absolute Gasteiger partial charge is 0.144 e. The zero-order valence-corrected chi connectivity index (χ0v) is 10.2. The van der Waals surface area contributed by atoms with Crippen molar-refractivity contribution in [2.24, 2.45) is 5.92 Å². The number of nitrogens with one attached hydrogen (secondary N) is 1. The lowest BCUT2D eigenvalue weighted by molar-refractivity contribution is 0.566. The van der Waals surface area contributed by atoms with Crippen LogP contribution < -0.4 is 5.32 Å². The maximum atomic E-state index is 8.92. The van der Waals surface area contributed by atoms with E-state index >= 15 is 0 Å². The van der Waals surface area contributed by atoms with Crippen molar-refractivity contribution in [2.45, 2.75) is 33.6 Å². The topological polar surface area (TPSA) is 48.7 Å². The van der Waals surface area contributed by atoms with Gasteiger partial charge < -0.3 is 5.32 Å². The fourth-order valence-corrected chi connectivity index (χ4v) is 1.50. The third-order valence-electron chi connectivity index (χ3n) is 2.41. The van der Waals surface area contributed by atoms with Crippen molar-refractivity contribution in [1.29, 1.82) is 5.26 Å². The lowest BCUT2D eigenvalue weighted by Gasteiger charge is -2.09. The number of nitrogens with zero attached hydrogens (tertiary/aromatic N) is 2. The highest BCUT2D eigenvalue weighted by atomic mass is 15.0. The molecular weight excluding hydrogens is 198 g/mol. The Bertz CT molecular complexity index is 377. The SMILES string of the molecule is Cc1ccc(C#N)c(NCCCC(C)C)n1. The summed E-state index contributed by atoms with van der Waals surface area (Å²) < 4.78 is 0. The first-order valence-corrected chi connectivity index (χ1v) is 5.75. The Hall–Kier alpha value is -1.56. The van der Waals surface area contributed by atoms with Gasteiger partial charge in [0.15, 0.2) is 0 Å². The average molecular weight is 217 g/mol. The monoisotopic (exact) mass is 217 g/mol. The van der Waals surface area contributed by atoms with Crippen LogP contribution in [0, 0.1) is 24.2 Å². The first kappa shape index (κ1) is 12.5. The minimum Gasteiger partial charge on any atom is -0.369 e. The molecule has 0 radical (unpaired) electrons. The Morgan fingerprint density at radius 2 is 2.19 bits per heavy atom. The molecule has 1 heterocycles. The largest absolute Gasteiger partial charge is 0.369 e. The zero-order valence-electron chi connectivity index (χ0n) is 10.2. The number of pyridine rings is 1. The molecule has 0 aliphatic heterocycles. The van der Waals surface area contributed by atoms with Crippen LogP contribution in [0.3, 0.4) is 0 Å². The molecule has 0 aliphatic rings. The third kappa shape index (κ3) is 3.90. The number of anilines is 1. The number of rotatable bonds is 5. The highest BCUT2D eigenvalue weighted by Crippen LogP contribution is 2.12. The second-order valence-electron chi connectivity index (χ2n) is 4.42. The number of hydrogen-bond acceptors (Lipinski definition) is 3. The van der Waals surface area contributed by atoms with Gasteiger partial charge in [-0.1, -0.05) is 13.8 Å². The summed E-state index contributed by atoms with van der Waals surface area (Å²) in [5.74, 6) is 1.44. The summed E-state index contributed by atoms with van der Waals surface area (Å²) in [4.78, 5) is 4.33. The fraction of sp³-hybridized carbons (Fsp3) is 0.538. The normalized spacial score (nSPS) is 10.2. The van der Waals surface area contributed by atoms with E-state index in [1.54, 1.807) is 0 Å². The van der Waals surface area contributed by atoms with E-state index in [0.717, 1.165) is 24.6 Å². The van der Waals surface area contributed by atoms with Crippen LogP contribution >= 0.6 is 0 Å². The van der Waals surface area contributed by atoms with Gasteiger partial charge in [-0.3, -0.25) is 0 Å². The molecule has 0 bridgehead atoms. The molecule has 3 heteroatoms. The lowest BCUT2D eigenvalue weighted by Crippen LogP contribution is -2.06. The number of aromatic nitrogens is 1. The molecule has 16 heavy (non-hydrogen) atoms. The molecule has 0 unspecified atom stereocenters. The quantitative estimate of drug-likeness (QED) is 0.771. The molecule has 1 aromatic rings. The van der Waals surface area contributed by atoms with E-state index in [0.29, 0.717) is 11.4 Å². The van der Waals surface area contributed by atoms with Crippen molar-refractivity contribution in [3.8, 4) is 6.07 Å².